The third-order valence-electron chi connectivity index (χ3n) is 14.4. The molecule has 82 heavy (non-hydrogen) atoms. The van der Waals surface area contributed by atoms with E-state index in [0.29, 0.717) is 19.3 Å². The SMILES string of the molecule is CC/C=C\C/C=C\C/C=C\C/C=C\C/C=C\C/C=C\C/C=C\CCCCCCCCCCCCCC(=O)OCC(COC(=O)CC/C=C\C/C=C\C/C=C\C/C=C\CC)OC(=O)CCCCCCCCCCCCCCCCCCCC. The molecule has 0 fully saturated rings. The van der Waals surface area contributed by atoms with Crippen LogP contribution in [0.3, 0.4) is 0 Å². The van der Waals surface area contributed by atoms with Crippen molar-refractivity contribution in [2.75, 3.05) is 13.2 Å². The van der Waals surface area contributed by atoms with Crippen molar-refractivity contribution in [1.82, 2.24) is 0 Å². The average molecular weight is 1140 g/mol. The van der Waals surface area contributed by atoms with Crippen LogP contribution in [-0.2, 0) is 28.6 Å². The Hall–Kier alpha value is -4.45. The van der Waals surface area contributed by atoms with Gasteiger partial charge < -0.3 is 14.2 Å². The van der Waals surface area contributed by atoms with E-state index < -0.39 is 6.10 Å². The zero-order chi connectivity index (χ0) is 59.2. The fraction of sp³-hybridized carbons (Fsp3) is 0.671. The van der Waals surface area contributed by atoms with E-state index in [1.807, 2.05) is 6.08 Å². The maximum absolute atomic E-state index is 12.9. The lowest BCUT2D eigenvalue weighted by molar-refractivity contribution is -0.166. The van der Waals surface area contributed by atoms with E-state index >= 15 is 0 Å². The van der Waals surface area contributed by atoms with Gasteiger partial charge in [0, 0.05) is 19.3 Å². The summed E-state index contributed by atoms with van der Waals surface area (Å²) in [5, 5.41) is 0. The van der Waals surface area contributed by atoms with Gasteiger partial charge >= 0.3 is 17.9 Å². The van der Waals surface area contributed by atoms with Gasteiger partial charge in [0.2, 0.25) is 0 Å². The van der Waals surface area contributed by atoms with Gasteiger partial charge in [-0.3, -0.25) is 14.4 Å². The first-order chi connectivity index (χ1) is 40.5. The Morgan fingerprint density at radius 1 is 0.256 bits per heavy atom. The van der Waals surface area contributed by atoms with Crippen molar-refractivity contribution in [2.24, 2.45) is 0 Å². The molecule has 0 aromatic carbocycles. The predicted molar refractivity (Wildman–Crippen MR) is 357 cm³/mol. The molecule has 0 N–H and O–H groups in total. The number of hydrogen-bond acceptors (Lipinski definition) is 6. The lowest BCUT2D eigenvalue weighted by Crippen LogP contribution is -2.30. The lowest BCUT2D eigenvalue weighted by Gasteiger charge is -2.18. The molecule has 0 aromatic rings. The van der Waals surface area contributed by atoms with Crippen LogP contribution in [0.4, 0.5) is 0 Å². The van der Waals surface area contributed by atoms with Crippen LogP contribution in [0.1, 0.15) is 310 Å². The summed E-state index contributed by atoms with van der Waals surface area (Å²) >= 11 is 0. The van der Waals surface area contributed by atoms with Gasteiger partial charge in [0.25, 0.3) is 0 Å². The molecule has 466 valence electrons. The van der Waals surface area contributed by atoms with E-state index in [9.17, 15) is 14.4 Å². The van der Waals surface area contributed by atoms with Crippen LogP contribution in [0.25, 0.3) is 0 Å². The first-order valence-electron chi connectivity index (χ1n) is 34.2. The second-order valence-corrected chi connectivity index (χ2v) is 22.3. The number of ether oxygens (including phenoxy) is 3. The number of rotatable bonds is 61. The van der Waals surface area contributed by atoms with Crippen LogP contribution in [-0.4, -0.2) is 37.2 Å². The third kappa shape index (κ3) is 66.4. The normalized spacial score (nSPS) is 13.0. The molecular formula is C76H126O6. The van der Waals surface area contributed by atoms with Gasteiger partial charge in [0.1, 0.15) is 13.2 Å². The first-order valence-corrected chi connectivity index (χ1v) is 34.2. The molecule has 1 atom stereocenters. The zero-order valence-corrected chi connectivity index (χ0v) is 53.5. The number of carbonyl (C=O) groups is 3. The monoisotopic (exact) mass is 1130 g/mol. The molecule has 0 amide bonds. The van der Waals surface area contributed by atoms with E-state index in [-0.39, 0.29) is 37.5 Å². The Labute approximate surface area is 506 Å². The van der Waals surface area contributed by atoms with Crippen LogP contribution in [0, 0.1) is 0 Å². The van der Waals surface area contributed by atoms with Gasteiger partial charge in [-0.05, 0) is 103 Å². The first kappa shape index (κ1) is 77.5. The van der Waals surface area contributed by atoms with Crippen molar-refractivity contribution in [3.8, 4) is 0 Å². The van der Waals surface area contributed by atoms with E-state index in [0.717, 1.165) is 109 Å². The fourth-order valence-corrected chi connectivity index (χ4v) is 9.38. The quantitative estimate of drug-likeness (QED) is 0.0261. The van der Waals surface area contributed by atoms with Crippen molar-refractivity contribution >= 4 is 17.9 Å². The Kier molecular flexibility index (Phi) is 65.3. The molecule has 0 radical (unpaired) electrons. The highest BCUT2D eigenvalue weighted by Gasteiger charge is 2.19. The average Bonchev–Trinajstić information content (AvgIpc) is 3.47. The maximum Gasteiger partial charge on any atom is 0.306 e. The van der Waals surface area contributed by atoms with Crippen LogP contribution >= 0.6 is 0 Å². The molecule has 0 heterocycles. The smallest absolute Gasteiger partial charge is 0.306 e. The lowest BCUT2D eigenvalue weighted by atomic mass is 10.0. The molecule has 0 saturated heterocycles. The van der Waals surface area contributed by atoms with Crippen molar-refractivity contribution in [1.29, 1.82) is 0 Å². The molecule has 0 aliphatic rings. The summed E-state index contributed by atoms with van der Waals surface area (Å²) in [6, 6.07) is 0. The van der Waals surface area contributed by atoms with Crippen LogP contribution in [0.15, 0.2) is 134 Å². The minimum Gasteiger partial charge on any atom is -0.462 e. The van der Waals surface area contributed by atoms with Crippen molar-refractivity contribution in [3.05, 3.63) is 134 Å². The second-order valence-electron chi connectivity index (χ2n) is 22.3. The van der Waals surface area contributed by atoms with Gasteiger partial charge in [-0.15, -0.1) is 0 Å². The van der Waals surface area contributed by atoms with Crippen LogP contribution < -0.4 is 0 Å². The number of carbonyl (C=O) groups excluding carboxylic acids is 3. The minimum absolute atomic E-state index is 0.102. The maximum atomic E-state index is 12.9. The molecule has 0 saturated carbocycles. The summed E-state index contributed by atoms with van der Waals surface area (Å²) in [5.41, 5.74) is 0. The summed E-state index contributed by atoms with van der Waals surface area (Å²) in [4.78, 5) is 38.3. The van der Waals surface area contributed by atoms with Gasteiger partial charge in [-0.25, -0.2) is 0 Å². The summed E-state index contributed by atoms with van der Waals surface area (Å²) in [6.45, 7) is 6.37. The zero-order valence-electron chi connectivity index (χ0n) is 53.5. The topological polar surface area (TPSA) is 78.9 Å². The van der Waals surface area contributed by atoms with Crippen molar-refractivity contribution in [3.63, 3.8) is 0 Å². The van der Waals surface area contributed by atoms with E-state index in [2.05, 4.69) is 148 Å². The van der Waals surface area contributed by atoms with Gasteiger partial charge in [-0.2, -0.15) is 0 Å². The second kappa shape index (κ2) is 69.0. The Balaban J connectivity index is 4.28. The minimum atomic E-state index is -0.810. The van der Waals surface area contributed by atoms with Gasteiger partial charge in [0.15, 0.2) is 6.10 Å². The molecule has 0 aromatic heterocycles. The van der Waals surface area contributed by atoms with Crippen molar-refractivity contribution in [2.45, 2.75) is 316 Å². The molecular weight excluding hydrogens is 1010 g/mol. The molecule has 6 nitrogen and oxygen atoms in total. The fourth-order valence-electron chi connectivity index (χ4n) is 9.38. The molecule has 1 unspecified atom stereocenters. The number of allylic oxidation sites excluding steroid dienone is 22. The van der Waals surface area contributed by atoms with Crippen LogP contribution in [0.2, 0.25) is 0 Å². The van der Waals surface area contributed by atoms with E-state index in [1.165, 1.54) is 154 Å². The summed E-state index contributed by atoms with van der Waals surface area (Å²) in [7, 11) is 0. The highest BCUT2D eigenvalue weighted by molar-refractivity contribution is 5.71. The third-order valence-corrected chi connectivity index (χ3v) is 14.4. The Bertz CT molecular complexity index is 1730. The standard InChI is InChI=1S/C76H126O6/c1-4-7-10-13-16-19-22-25-27-29-31-32-33-34-35-36-37-38-39-40-41-42-43-44-45-47-48-51-54-57-60-63-66-69-75(78)81-72-73(71-80-74(77)68-65-62-59-56-53-50-24-21-18-15-12-9-6-3)82-76(79)70-67-64-61-58-55-52-49-46-30-28-26-23-20-17-14-11-8-5-2/h7,9-10,12,16,18-19,21,25,27,31-32,34-35,37-38,40-41,50,53,59,62,73H,4-6,8,11,13-15,17,20,22-24,26,28-30,33,36,39,42-49,51-52,54-58,60-61,63-72H2,1-3H3/b10-7-,12-9-,19-16-,21-18-,27-25-,32-31-,35-34-,38-37-,41-40-,53-50-,62-59-. The summed E-state index contributed by atoms with van der Waals surface area (Å²) < 4.78 is 16.9. The molecule has 6 heteroatoms. The molecule has 0 spiro atoms. The predicted octanol–water partition coefficient (Wildman–Crippen LogP) is 23.7. The Morgan fingerprint density at radius 3 is 0.817 bits per heavy atom. The number of esters is 3. The number of unbranched alkanes of at least 4 members (excludes halogenated alkanes) is 28. The van der Waals surface area contributed by atoms with Crippen LogP contribution in [0.5, 0.6) is 0 Å². The van der Waals surface area contributed by atoms with E-state index in [4.69, 9.17) is 14.2 Å². The largest absolute Gasteiger partial charge is 0.462 e. The van der Waals surface area contributed by atoms with Gasteiger partial charge in [0.05, 0.1) is 0 Å². The molecule has 0 bridgehead atoms. The summed E-state index contributed by atoms with van der Waals surface area (Å²) in [6.07, 6.45) is 97.8. The molecule has 0 aliphatic heterocycles. The van der Waals surface area contributed by atoms with E-state index in [1.54, 1.807) is 0 Å². The van der Waals surface area contributed by atoms with Crippen molar-refractivity contribution < 1.29 is 28.6 Å². The highest BCUT2D eigenvalue weighted by Crippen LogP contribution is 2.17. The van der Waals surface area contributed by atoms with Gasteiger partial charge in [-0.1, -0.05) is 321 Å². The number of hydrogen-bond donors (Lipinski definition) is 0. The highest BCUT2D eigenvalue weighted by atomic mass is 16.6. The Morgan fingerprint density at radius 2 is 0.500 bits per heavy atom. The summed E-state index contributed by atoms with van der Waals surface area (Å²) in [5.74, 6) is -0.980. The molecule has 0 rings (SSSR count). The molecule has 0 aliphatic carbocycles.